The normalized spacial score (nSPS) is 10.7. The smallest absolute Gasteiger partial charge is 0.265 e. The molecule has 2 aromatic heterocycles. The van der Waals surface area contributed by atoms with Crippen molar-refractivity contribution in [3.63, 3.8) is 0 Å². The molecule has 5 nitrogen and oxygen atoms in total. The Morgan fingerprint density at radius 3 is 2.76 bits per heavy atom. The summed E-state index contributed by atoms with van der Waals surface area (Å²) in [6.45, 7) is 1.10. The first-order valence-corrected chi connectivity index (χ1v) is 9.86. The molecule has 0 saturated heterocycles. The van der Waals surface area contributed by atoms with E-state index in [1.165, 1.54) is 17.4 Å². The van der Waals surface area contributed by atoms with Crippen molar-refractivity contribution in [3.05, 3.63) is 90.1 Å². The Hall–Kier alpha value is -3.45. The minimum atomic E-state index is -0.307. The molecule has 0 radical (unpaired) electrons. The quantitative estimate of drug-likeness (QED) is 0.465. The molecule has 7 heteroatoms. The maximum Gasteiger partial charge on any atom is 0.265 e. The van der Waals surface area contributed by atoms with E-state index < -0.39 is 0 Å². The lowest BCUT2D eigenvalue weighted by Crippen LogP contribution is -2.12. The number of nitrogens with one attached hydrogen (secondary N) is 1. The SMILES string of the molecule is O=C(Nc1ccccc1OCCn1ccnc1)c1ccc(-c2ccccc2F)s1. The van der Waals surface area contributed by atoms with Gasteiger partial charge in [0.25, 0.3) is 5.91 Å². The molecule has 0 spiro atoms. The van der Waals surface area contributed by atoms with E-state index in [4.69, 9.17) is 4.74 Å². The van der Waals surface area contributed by atoms with Crippen LogP contribution in [-0.2, 0) is 6.54 Å². The van der Waals surface area contributed by atoms with Crippen molar-refractivity contribution in [3.8, 4) is 16.2 Å². The topological polar surface area (TPSA) is 56.1 Å². The Bertz CT molecular complexity index is 1110. The minimum absolute atomic E-state index is 0.261. The van der Waals surface area contributed by atoms with E-state index in [1.807, 2.05) is 29.0 Å². The largest absolute Gasteiger partial charge is 0.490 e. The summed E-state index contributed by atoms with van der Waals surface area (Å²) in [5.41, 5.74) is 1.07. The van der Waals surface area contributed by atoms with E-state index in [0.29, 0.717) is 39.9 Å². The molecular formula is C22H18FN3O2S. The number of carbonyl (C=O) groups is 1. The van der Waals surface area contributed by atoms with Gasteiger partial charge in [0, 0.05) is 22.8 Å². The van der Waals surface area contributed by atoms with Gasteiger partial charge in [0.15, 0.2) is 0 Å². The maximum absolute atomic E-state index is 14.0. The molecule has 2 heterocycles. The Morgan fingerprint density at radius 2 is 1.93 bits per heavy atom. The number of anilines is 1. The van der Waals surface area contributed by atoms with E-state index in [1.54, 1.807) is 48.9 Å². The van der Waals surface area contributed by atoms with Crippen LogP contribution in [0, 0.1) is 5.82 Å². The van der Waals surface area contributed by atoms with Gasteiger partial charge >= 0.3 is 0 Å². The van der Waals surface area contributed by atoms with Crippen LogP contribution in [0.4, 0.5) is 10.1 Å². The van der Waals surface area contributed by atoms with E-state index in [2.05, 4.69) is 10.3 Å². The summed E-state index contributed by atoms with van der Waals surface area (Å²) < 4.78 is 21.7. The number of halogens is 1. The fourth-order valence-corrected chi connectivity index (χ4v) is 3.75. The van der Waals surface area contributed by atoms with Crippen LogP contribution in [0.3, 0.4) is 0 Å². The molecule has 2 aromatic carbocycles. The molecule has 29 heavy (non-hydrogen) atoms. The standard InChI is InChI=1S/C22H18FN3O2S/c23-17-6-2-1-5-16(17)20-9-10-21(29-20)22(27)25-18-7-3-4-8-19(18)28-14-13-26-12-11-24-15-26/h1-12,15H,13-14H2,(H,25,27). The Kier molecular flexibility index (Phi) is 5.67. The van der Waals surface area contributed by atoms with Gasteiger partial charge in [-0.2, -0.15) is 0 Å². The highest BCUT2D eigenvalue weighted by molar-refractivity contribution is 7.17. The fraction of sp³-hybridized carbons (Fsp3) is 0.0909. The molecule has 146 valence electrons. The van der Waals surface area contributed by atoms with Crippen molar-refractivity contribution in [2.45, 2.75) is 6.54 Å². The van der Waals surface area contributed by atoms with Gasteiger partial charge in [-0.1, -0.05) is 30.3 Å². The van der Waals surface area contributed by atoms with Crippen molar-refractivity contribution in [2.24, 2.45) is 0 Å². The van der Waals surface area contributed by atoms with E-state index in [9.17, 15) is 9.18 Å². The number of ether oxygens (including phenoxy) is 1. The van der Waals surface area contributed by atoms with Gasteiger partial charge in [-0.05, 0) is 30.3 Å². The number of nitrogens with zero attached hydrogens (tertiary/aromatic N) is 2. The molecule has 0 aliphatic rings. The zero-order valence-electron chi connectivity index (χ0n) is 15.4. The summed E-state index contributed by atoms with van der Waals surface area (Å²) in [5.74, 6) is 0.0213. The van der Waals surface area contributed by atoms with Crippen molar-refractivity contribution in [2.75, 3.05) is 11.9 Å². The van der Waals surface area contributed by atoms with Crippen molar-refractivity contribution >= 4 is 22.9 Å². The van der Waals surface area contributed by atoms with Crippen molar-refractivity contribution in [1.82, 2.24) is 9.55 Å². The zero-order valence-corrected chi connectivity index (χ0v) is 16.2. The van der Waals surface area contributed by atoms with Gasteiger partial charge in [0.05, 0.1) is 23.4 Å². The van der Waals surface area contributed by atoms with Crippen LogP contribution in [0.2, 0.25) is 0 Å². The molecule has 0 saturated carbocycles. The summed E-state index contributed by atoms with van der Waals surface area (Å²) in [5, 5.41) is 2.88. The van der Waals surface area contributed by atoms with Gasteiger partial charge in [-0.15, -0.1) is 11.3 Å². The van der Waals surface area contributed by atoms with Gasteiger partial charge in [0.1, 0.15) is 18.2 Å². The molecule has 1 N–H and O–H groups in total. The summed E-state index contributed by atoms with van der Waals surface area (Å²) in [7, 11) is 0. The number of para-hydroxylation sites is 2. The molecule has 0 aliphatic heterocycles. The second-order valence-electron chi connectivity index (χ2n) is 6.24. The Balaban J connectivity index is 1.44. The number of hydrogen-bond acceptors (Lipinski definition) is 4. The fourth-order valence-electron chi connectivity index (χ4n) is 2.83. The predicted octanol–water partition coefficient (Wildman–Crippen LogP) is 5.08. The highest BCUT2D eigenvalue weighted by atomic mass is 32.1. The number of amides is 1. The van der Waals surface area contributed by atoms with Crippen LogP contribution in [0.15, 0.2) is 79.4 Å². The van der Waals surface area contributed by atoms with Crippen LogP contribution in [-0.4, -0.2) is 22.1 Å². The zero-order chi connectivity index (χ0) is 20.1. The molecule has 0 unspecified atom stereocenters. The number of benzene rings is 2. The summed E-state index contributed by atoms with van der Waals surface area (Å²) in [6.07, 6.45) is 5.30. The number of rotatable bonds is 7. The minimum Gasteiger partial charge on any atom is -0.490 e. The first-order valence-electron chi connectivity index (χ1n) is 9.04. The maximum atomic E-state index is 14.0. The van der Waals surface area contributed by atoms with Crippen molar-refractivity contribution < 1.29 is 13.9 Å². The van der Waals surface area contributed by atoms with Crippen molar-refractivity contribution in [1.29, 1.82) is 0 Å². The first kappa shape index (κ1) is 18.9. The van der Waals surface area contributed by atoms with Gasteiger partial charge < -0.3 is 14.6 Å². The van der Waals surface area contributed by atoms with Crippen LogP contribution >= 0.6 is 11.3 Å². The molecule has 4 aromatic rings. The lowest BCUT2D eigenvalue weighted by atomic mass is 10.2. The van der Waals surface area contributed by atoms with Crippen LogP contribution in [0.1, 0.15) is 9.67 Å². The van der Waals surface area contributed by atoms with Gasteiger partial charge in [-0.3, -0.25) is 4.79 Å². The number of aromatic nitrogens is 2. The highest BCUT2D eigenvalue weighted by Crippen LogP contribution is 2.31. The monoisotopic (exact) mass is 407 g/mol. The third-order valence-electron chi connectivity index (χ3n) is 4.27. The average Bonchev–Trinajstić information content (AvgIpc) is 3.42. The third kappa shape index (κ3) is 4.52. The molecule has 1 amide bonds. The molecule has 4 rings (SSSR count). The third-order valence-corrected chi connectivity index (χ3v) is 5.39. The summed E-state index contributed by atoms with van der Waals surface area (Å²) in [4.78, 5) is 17.9. The summed E-state index contributed by atoms with van der Waals surface area (Å²) in [6, 6.07) is 17.3. The van der Waals surface area contributed by atoms with Gasteiger partial charge in [-0.25, -0.2) is 9.37 Å². The molecule has 0 aliphatic carbocycles. The molecular weight excluding hydrogens is 389 g/mol. The summed E-state index contributed by atoms with van der Waals surface area (Å²) >= 11 is 1.25. The van der Waals surface area contributed by atoms with Crippen LogP contribution in [0.5, 0.6) is 5.75 Å². The average molecular weight is 407 g/mol. The number of imidazole rings is 1. The first-order chi connectivity index (χ1) is 14.2. The number of hydrogen-bond donors (Lipinski definition) is 1. The van der Waals surface area contributed by atoms with E-state index in [0.717, 1.165) is 0 Å². The Morgan fingerprint density at radius 1 is 1.10 bits per heavy atom. The second-order valence-corrected chi connectivity index (χ2v) is 7.33. The Labute approximate surface area is 171 Å². The molecule has 0 atom stereocenters. The van der Waals surface area contributed by atoms with E-state index in [-0.39, 0.29) is 11.7 Å². The highest BCUT2D eigenvalue weighted by Gasteiger charge is 2.14. The predicted molar refractivity (Wildman–Crippen MR) is 112 cm³/mol. The lowest BCUT2D eigenvalue weighted by Gasteiger charge is -2.12. The van der Waals surface area contributed by atoms with Crippen LogP contribution in [0.25, 0.3) is 10.4 Å². The molecule has 0 fully saturated rings. The van der Waals surface area contributed by atoms with Crippen LogP contribution < -0.4 is 10.1 Å². The number of carbonyl (C=O) groups excluding carboxylic acids is 1. The van der Waals surface area contributed by atoms with E-state index >= 15 is 0 Å². The van der Waals surface area contributed by atoms with Gasteiger partial charge in [0.2, 0.25) is 0 Å². The lowest BCUT2D eigenvalue weighted by molar-refractivity contribution is 0.103. The molecule has 0 bridgehead atoms. The number of thiophene rings is 1. The second kappa shape index (κ2) is 8.70.